The van der Waals surface area contributed by atoms with E-state index in [1.165, 1.54) is 20.3 Å². The predicted molar refractivity (Wildman–Crippen MR) is 99.2 cm³/mol. The number of benzene rings is 2. The third kappa shape index (κ3) is 3.81. The molecule has 9 heteroatoms. The molecule has 0 bridgehead atoms. The number of ether oxygens (including phenoxy) is 3. The second kappa shape index (κ2) is 7.66. The van der Waals surface area contributed by atoms with Gasteiger partial charge in [0, 0.05) is 0 Å². The van der Waals surface area contributed by atoms with Crippen LogP contribution >= 0.6 is 27.5 Å². The molecule has 0 aromatic heterocycles. The quantitative estimate of drug-likeness (QED) is 0.377. The zero-order valence-corrected chi connectivity index (χ0v) is 16.3. The molecular formula is C18H11BrClF2NO4. The Labute approximate surface area is 166 Å². The van der Waals surface area contributed by atoms with Gasteiger partial charge in [0.25, 0.3) is 0 Å². The minimum Gasteiger partial charge on any atom is -0.493 e. The molecule has 140 valence electrons. The maximum absolute atomic E-state index is 13.5. The van der Waals surface area contributed by atoms with Crippen molar-refractivity contribution in [3.63, 3.8) is 0 Å². The lowest BCUT2D eigenvalue weighted by Crippen LogP contribution is -2.07. The fourth-order valence-electron chi connectivity index (χ4n) is 2.39. The van der Waals surface area contributed by atoms with Crippen LogP contribution in [0.1, 0.15) is 11.1 Å². The smallest absolute Gasteiger partial charge is 0.363 e. The second-order valence-electron chi connectivity index (χ2n) is 5.32. The average molecular weight is 459 g/mol. The van der Waals surface area contributed by atoms with Gasteiger partial charge in [-0.05, 0) is 51.8 Å². The second-order valence-corrected chi connectivity index (χ2v) is 6.58. The molecule has 0 saturated heterocycles. The van der Waals surface area contributed by atoms with E-state index < -0.39 is 17.6 Å². The Hall–Kier alpha value is -2.45. The Kier molecular flexibility index (Phi) is 5.48. The molecular weight excluding hydrogens is 448 g/mol. The van der Waals surface area contributed by atoms with Crippen molar-refractivity contribution >= 4 is 45.5 Å². The Morgan fingerprint density at radius 3 is 2.52 bits per heavy atom. The van der Waals surface area contributed by atoms with Crippen LogP contribution in [0.25, 0.3) is 6.08 Å². The lowest BCUT2D eigenvalue weighted by Gasteiger charge is -2.10. The summed E-state index contributed by atoms with van der Waals surface area (Å²) in [4.78, 5) is 16.1. The van der Waals surface area contributed by atoms with Crippen molar-refractivity contribution in [3.8, 4) is 11.5 Å². The molecule has 0 aliphatic carbocycles. The lowest BCUT2D eigenvalue weighted by molar-refractivity contribution is -0.129. The fourth-order valence-corrected chi connectivity index (χ4v) is 3.24. The van der Waals surface area contributed by atoms with E-state index in [9.17, 15) is 13.6 Å². The lowest BCUT2D eigenvalue weighted by atomic mass is 10.1. The van der Waals surface area contributed by atoms with Crippen molar-refractivity contribution in [2.75, 3.05) is 14.2 Å². The van der Waals surface area contributed by atoms with E-state index in [2.05, 4.69) is 20.9 Å². The van der Waals surface area contributed by atoms with E-state index in [0.29, 0.717) is 21.5 Å². The number of methoxy groups -OCH3 is 2. The van der Waals surface area contributed by atoms with Gasteiger partial charge in [-0.2, -0.15) is 0 Å². The van der Waals surface area contributed by atoms with E-state index in [1.54, 1.807) is 12.1 Å². The van der Waals surface area contributed by atoms with Crippen LogP contribution in [0, 0.1) is 11.6 Å². The summed E-state index contributed by atoms with van der Waals surface area (Å²) in [5.41, 5.74) is 0.513. The highest BCUT2D eigenvalue weighted by Crippen LogP contribution is 2.37. The molecule has 1 aliphatic heterocycles. The molecule has 2 aromatic carbocycles. The summed E-state index contributed by atoms with van der Waals surface area (Å²) in [5, 5.41) is -0.129. The van der Waals surface area contributed by atoms with Crippen molar-refractivity contribution in [1.82, 2.24) is 0 Å². The number of nitrogens with zero attached hydrogens (tertiary/aromatic N) is 1. The van der Waals surface area contributed by atoms with Crippen molar-refractivity contribution < 1.29 is 27.8 Å². The largest absolute Gasteiger partial charge is 0.493 e. The summed E-state index contributed by atoms with van der Waals surface area (Å²) in [5.74, 6) is -2.27. The summed E-state index contributed by atoms with van der Waals surface area (Å²) in [7, 11) is 2.98. The highest BCUT2D eigenvalue weighted by Gasteiger charge is 2.27. The Morgan fingerprint density at radius 2 is 1.85 bits per heavy atom. The average Bonchev–Trinajstić information content (AvgIpc) is 2.97. The molecule has 0 fully saturated rings. The summed E-state index contributed by atoms with van der Waals surface area (Å²) in [6, 6.07) is 4.94. The molecule has 0 radical (unpaired) electrons. The van der Waals surface area contributed by atoms with Gasteiger partial charge in [0.1, 0.15) is 0 Å². The van der Waals surface area contributed by atoms with Crippen LogP contribution in [0.4, 0.5) is 8.78 Å². The van der Waals surface area contributed by atoms with Gasteiger partial charge in [-0.1, -0.05) is 11.6 Å². The number of carbonyl (C=O) groups is 1. The first-order valence-corrected chi connectivity index (χ1v) is 8.60. The number of esters is 1. The first-order chi connectivity index (χ1) is 12.8. The fraction of sp³-hybridized carbons (Fsp3) is 0.111. The Bertz CT molecular complexity index is 1010. The van der Waals surface area contributed by atoms with Crippen molar-refractivity contribution in [3.05, 3.63) is 62.2 Å². The Morgan fingerprint density at radius 1 is 1.15 bits per heavy atom. The van der Waals surface area contributed by atoms with Crippen LogP contribution in [0.2, 0.25) is 5.02 Å². The van der Waals surface area contributed by atoms with Crippen LogP contribution in [-0.4, -0.2) is 26.1 Å². The molecule has 0 spiro atoms. The van der Waals surface area contributed by atoms with Crippen LogP contribution in [0.3, 0.4) is 0 Å². The number of rotatable bonds is 4. The monoisotopic (exact) mass is 457 g/mol. The first kappa shape index (κ1) is 19.3. The molecule has 0 amide bonds. The number of carbonyl (C=O) groups excluding carboxylic acids is 1. The zero-order valence-electron chi connectivity index (χ0n) is 14.0. The van der Waals surface area contributed by atoms with Gasteiger partial charge in [0.15, 0.2) is 28.8 Å². The standard InChI is InChI=1S/C18H11BrClF2NO4/c1-25-15-5-8(3-10(19)16(15)26-2)4-14-18(24)27-17(23-14)9-6-12(21)13(22)7-11(9)20/h3-7H,1-2H3. The molecule has 2 aromatic rings. The van der Waals surface area contributed by atoms with Gasteiger partial charge in [0.05, 0.1) is 29.3 Å². The van der Waals surface area contributed by atoms with Crippen LogP contribution in [0.15, 0.2) is 39.4 Å². The predicted octanol–water partition coefficient (Wildman–Crippen LogP) is 4.74. The topological polar surface area (TPSA) is 57.1 Å². The molecule has 1 heterocycles. The van der Waals surface area contributed by atoms with E-state index in [0.717, 1.165) is 12.1 Å². The van der Waals surface area contributed by atoms with Crippen LogP contribution in [-0.2, 0) is 9.53 Å². The SMILES string of the molecule is COc1cc(C=C2N=C(c3cc(F)c(F)cc3Cl)OC2=O)cc(Br)c1OC. The summed E-state index contributed by atoms with van der Waals surface area (Å²) in [6.45, 7) is 0. The Balaban J connectivity index is 2.02. The minimum absolute atomic E-state index is 0.0270. The molecule has 3 rings (SSSR count). The number of hydrogen-bond acceptors (Lipinski definition) is 5. The van der Waals surface area contributed by atoms with Gasteiger partial charge in [0.2, 0.25) is 5.90 Å². The third-order valence-corrected chi connectivity index (χ3v) is 4.52. The number of hydrogen-bond donors (Lipinski definition) is 0. The maximum atomic E-state index is 13.5. The van der Waals surface area contributed by atoms with Gasteiger partial charge in [-0.25, -0.2) is 18.6 Å². The highest BCUT2D eigenvalue weighted by molar-refractivity contribution is 9.10. The van der Waals surface area contributed by atoms with E-state index in [-0.39, 0.29) is 22.2 Å². The first-order valence-electron chi connectivity index (χ1n) is 7.43. The van der Waals surface area contributed by atoms with Gasteiger partial charge in [-0.3, -0.25) is 0 Å². The van der Waals surface area contributed by atoms with Crippen molar-refractivity contribution in [2.24, 2.45) is 4.99 Å². The normalized spacial score (nSPS) is 15.0. The number of aliphatic imine (C=N–C) groups is 1. The molecule has 0 unspecified atom stereocenters. The number of halogens is 4. The zero-order chi connectivity index (χ0) is 19.7. The summed E-state index contributed by atoms with van der Waals surface area (Å²) >= 11 is 9.25. The van der Waals surface area contributed by atoms with E-state index in [1.807, 2.05) is 0 Å². The summed E-state index contributed by atoms with van der Waals surface area (Å²) in [6.07, 6.45) is 1.45. The summed E-state index contributed by atoms with van der Waals surface area (Å²) < 4.78 is 42.8. The van der Waals surface area contributed by atoms with Gasteiger partial charge < -0.3 is 14.2 Å². The van der Waals surface area contributed by atoms with Gasteiger partial charge in [-0.15, -0.1) is 0 Å². The maximum Gasteiger partial charge on any atom is 0.363 e. The van der Waals surface area contributed by atoms with E-state index in [4.69, 9.17) is 25.8 Å². The molecule has 27 heavy (non-hydrogen) atoms. The molecule has 5 nitrogen and oxygen atoms in total. The molecule has 1 aliphatic rings. The molecule has 0 atom stereocenters. The minimum atomic E-state index is -1.13. The highest BCUT2D eigenvalue weighted by atomic mass is 79.9. The third-order valence-electron chi connectivity index (χ3n) is 3.62. The van der Waals surface area contributed by atoms with Crippen LogP contribution < -0.4 is 9.47 Å². The molecule has 0 saturated carbocycles. The molecule has 0 N–H and O–H groups in total. The number of cyclic esters (lactones) is 1. The van der Waals surface area contributed by atoms with Crippen LogP contribution in [0.5, 0.6) is 11.5 Å². The van der Waals surface area contributed by atoms with Crippen molar-refractivity contribution in [2.45, 2.75) is 0 Å². The van der Waals surface area contributed by atoms with Gasteiger partial charge >= 0.3 is 5.97 Å². The van der Waals surface area contributed by atoms with E-state index >= 15 is 0 Å². The van der Waals surface area contributed by atoms with Crippen molar-refractivity contribution in [1.29, 1.82) is 0 Å².